The summed E-state index contributed by atoms with van der Waals surface area (Å²) in [4.78, 5) is 23.6. The molecule has 2 heterocycles. The first-order valence-electron chi connectivity index (χ1n) is 6.96. The highest BCUT2D eigenvalue weighted by Crippen LogP contribution is 2.15. The van der Waals surface area contributed by atoms with Crippen LogP contribution in [0.5, 0.6) is 0 Å². The van der Waals surface area contributed by atoms with Gasteiger partial charge in [0.15, 0.2) is 0 Å². The molecule has 1 aromatic carbocycles. The van der Waals surface area contributed by atoms with Crippen molar-refractivity contribution in [3.8, 4) is 11.5 Å². The van der Waals surface area contributed by atoms with Gasteiger partial charge >= 0.3 is 5.97 Å². The van der Waals surface area contributed by atoms with Crippen molar-refractivity contribution in [1.82, 2.24) is 14.8 Å². The average molecular weight is 329 g/mol. The van der Waals surface area contributed by atoms with Gasteiger partial charge < -0.3 is 14.1 Å². The van der Waals surface area contributed by atoms with Gasteiger partial charge in [-0.05, 0) is 17.7 Å². The first kappa shape index (κ1) is 15.6. The predicted octanol–water partition coefficient (Wildman–Crippen LogP) is 2.09. The molecule has 0 saturated carbocycles. The van der Waals surface area contributed by atoms with E-state index in [2.05, 4.69) is 10.2 Å². The highest BCUT2D eigenvalue weighted by atomic mass is 19.1. The lowest BCUT2D eigenvalue weighted by molar-refractivity contribution is 0.0694. The number of rotatable bonds is 4. The summed E-state index contributed by atoms with van der Waals surface area (Å²) >= 11 is 0. The Morgan fingerprint density at radius 3 is 2.54 bits per heavy atom. The molecule has 0 atom stereocenters. The van der Waals surface area contributed by atoms with E-state index in [9.17, 15) is 19.1 Å². The van der Waals surface area contributed by atoms with E-state index in [0.717, 1.165) is 5.56 Å². The van der Waals surface area contributed by atoms with Gasteiger partial charge in [-0.15, -0.1) is 10.2 Å². The topological polar surface area (TPSA) is 98.2 Å². The van der Waals surface area contributed by atoms with Crippen LogP contribution in [-0.4, -0.2) is 25.8 Å². The first-order chi connectivity index (χ1) is 11.4. The third-order valence-electron chi connectivity index (χ3n) is 3.34. The molecule has 2 aromatic heterocycles. The third-order valence-corrected chi connectivity index (χ3v) is 3.34. The van der Waals surface area contributed by atoms with Crippen molar-refractivity contribution in [1.29, 1.82) is 0 Å². The van der Waals surface area contributed by atoms with Crippen LogP contribution in [-0.2, 0) is 6.54 Å². The molecule has 7 nitrogen and oxygen atoms in total. The molecule has 0 saturated heterocycles. The Labute approximate surface area is 135 Å². The van der Waals surface area contributed by atoms with Crippen LogP contribution in [0.15, 0.2) is 45.9 Å². The predicted molar refractivity (Wildman–Crippen MR) is 81.2 cm³/mol. The largest absolute Gasteiger partial charge is 0.477 e. The number of halogens is 1. The third kappa shape index (κ3) is 3.07. The minimum absolute atomic E-state index is 0.00221. The molecule has 0 aliphatic carbocycles. The lowest BCUT2D eigenvalue weighted by Gasteiger charge is -2.09. The lowest BCUT2D eigenvalue weighted by atomic mass is 10.1. The summed E-state index contributed by atoms with van der Waals surface area (Å²) in [7, 11) is 0. The summed E-state index contributed by atoms with van der Waals surface area (Å²) in [5.41, 5.74) is -0.381. The molecule has 0 fully saturated rings. The minimum Gasteiger partial charge on any atom is -0.477 e. The van der Waals surface area contributed by atoms with Gasteiger partial charge in [-0.3, -0.25) is 4.79 Å². The molecule has 0 amide bonds. The van der Waals surface area contributed by atoms with Crippen LogP contribution < -0.4 is 5.43 Å². The Hall–Kier alpha value is -3.29. The van der Waals surface area contributed by atoms with Gasteiger partial charge in [0.05, 0.1) is 0 Å². The maximum Gasteiger partial charge on any atom is 0.341 e. The van der Waals surface area contributed by atoms with Crippen molar-refractivity contribution in [2.45, 2.75) is 13.5 Å². The number of carbonyl (C=O) groups is 1. The number of aryl methyl sites for hydroxylation is 1. The van der Waals surface area contributed by atoms with E-state index >= 15 is 0 Å². The normalized spacial score (nSPS) is 10.8. The SMILES string of the molecule is Cc1nnc(-c2cn(Cc3ccc(F)cc3)cc(C(=O)O)c2=O)o1. The van der Waals surface area contributed by atoms with E-state index in [4.69, 9.17) is 4.42 Å². The molecule has 0 radical (unpaired) electrons. The molecule has 122 valence electrons. The molecular weight excluding hydrogens is 317 g/mol. The van der Waals surface area contributed by atoms with E-state index in [-0.39, 0.29) is 29.7 Å². The van der Waals surface area contributed by atoms with Crippen LogP contribution in [0.25, 0.3) is 11.5 Å². The number of pyridine rings is 1. The molecule has 1 N–H and O–H groups in total. The smallest absolute Gasteiger partial charge is 0.341 e. The van der Waals surface area contributed by atoms with Gasteiger partial charge in [-0.2, -0.15) is 0 Å². The Bertz CT molecular complexity index is 960. The van der Waals surface area contributed by atoms with E-state index in [0.29, 0.717) is 0 Å². The van der Waals surface area contributed by atoms with Gasteiger partial charge in [-0.25, -0.2) is 9.18 Å². The molecule has 3 rings (SSSR count). The summed E-state index contributed by atoms with van der Waals surface area (Å²) in [5.74, 6) is -1.51. The Morgan fingerprint density at radius 1 is 1.25 bits per heavy atom. The fraction of sp³-hybridized carbons (Fsp3) is 0.125. The monoisotopic (exact) mass is 329 g/mol. The van der Waals surface area contributed by atoms with Crippen molar-refractivity contribution in [3.63, 3.8) is 0 Å². The maximum atomic E-state index is 13.0. The van der Waals surface area contributed by atoms with Gasteiger partial charge in [0.1, 0.15) is 16.9 Å². The van der Waals surface area contributed by atoms with Crippen LogP contribution >= 0.6 is 0 Å². The molecule has 0 unspecified atom stereocenters. The van der Waals surface area contributed by atoms with Crippen LogP contribution in [0.3, 0.4) is 0 Å². The zero-order valence-electron chi connectivity index (χ0n) is 12.6. The number of aromatic carboxylic acids is 1. The Morgan fingerprint density at radius 2 is 1.96 bits per heavy atom. The molecule has 0 aliphatic heterocycles. The molecule has 3 aromatic rings. The molecule has 0 bridgehead atoms. The first-order valence-corrected chi connectivity index (χ1v) is 6.96. The van der Waals surface area contributed by atoms with E-state index in [1.165, 1.54) is 29.1 Å². The molecular formula is C16H12FN3O4. The number of nitrogens with zero attached hydrogens (tertiary/aromatic N) is 3. The highest BCUT2D eigenvalue weighted by Gasteiger charge is 2.18. The highest BCUT2D eigenvalue weighted by molar-refractivity contribution is 5.88. The molecule has 0 spiro atoms. The number of hydrogen-bond acceptors (Lipinski definition) is 5. The summed E-state index contributed by atoms with van der Waals surface area (Å²) in [6.45, 7) is 1.82. The van der Waals surface area contributed by atoms with Crippen molar-refractivity contribution in [3.05, 3.63) is 69.7 Å². The number of carboxylic acid groups (broad SMARTS) is 1. The second-order valence-electron chi connectivity index (χ2n) is 5.14. The van der Waals surface area contributed by atoms with E-state index in [1.54, 1.807) is 19.1 Å². The lowest BCUT2D eigenvalue weighted by Crippen LogP contribution is -2.20. The molecule has 8 heteroatoms. The minimum atomic E-state index is -1.36. The summed E-state index contributed by atoms with van der Waals surface area (Å²) in [6.07, 6.45) is 2.66. The summed E-state index contributed by atoms with van der Waals surface area (Å²) < 4.78 is 19.7. The van der Waals surface area contributed by atoms with Gasteiger partial charge in [0, 0.05) is 25.9 Å². The molecule has 0 aliphatic rings. The number of hydrogen-bond donors (Lipinski definition) is 1. The van der Waals surface area contributed by atoms with Crippen molar-refractivity contribution >= 4 is 5.97 Å². The van der Waals surface area contributed by atoms with Crippen molar-refractivity contribution < 1.29 is 18.7 Å². The fourth-order valence-corrected chi connectivity index (χ4v) is 2.23. The van der Waals surface area contributed by atoms with Gasteiger partial charge in [-0.1, -0.05) is 12.1 Å². The second kappa shape index (κ2) is 6.07. The van der Waals surface area contributed by atoms with E-state index in [1.807, 2.05) is 0 Å². The number of benzene rings is 1. The zero-order valence-corrected chi connectivity index (χ0v) is 12.6. The van der Waals surface area contributed by atoms with Crippen LogP contribution in [0.4, 0.5) is 4.39 Å². The quantitative estimate of drug-likeness (QED) is 0.787. The Balaban J connectivity index is 2.09. The summed E-state index contributed by atoms with van der Waals surface area (Å²) in [5, 5.41) is 16.7. The van der Waals surface area contributed by atoms with E-state index < -0.39 is 17.0 Å². The fourth-order valence-electron chi connectivity index (χ4n) is 2.23. The summed E-state index contributed by atoms with van der Waals surface area (Å²) in [6, 6.07) is 5.76. The standard InChI is InChI=1S/C16H12FN3O4/c1-9-18-19-15(24-9)12-7-20(8-13(14(12)21)16(22)23)6-10-2-4-11(17)5-3-10/h2-5,7-8H,6H2,1H3,(H,22,23). The zero-order chi connectivity index (χ0) is 17.3. The second-order valence-corrected chi connectivity index (χ2v) is 5.14. The number of aromatic nitrogens is 3. The van der Waals surface area contributed by atoms with Crippen molar-refractivity contribution in [2.24, 2.45) is 0 Å². The van der Waals surface area contributed by atoms with Crippen LogP contribution in [0.2, 0.25) is 0 Å². The van der Waals surface area contributed by atoms with Crippen LogP contribution in [0.1, 0.15) is 21.8 Å². The van der Waals surface area contributed by atoms with Crippen LogP contribution in [0, 0.1) is 12.7 Å². The average Bonchev–Trinajstić information content (AvgIpc) is 2.97. The Kier molecular flexibility index (Phi) is 3.95. The number of carboxylic acids is 1. The van der Waals surface area contributed by atoms with Gasteiger partial charge in [0.25, 0.3) is 5.89 Å². The molecule has 24 heavy (non-hydrogen) atoms. The maximum absolute atomic E-state index is 13.0. The van der Waals surface area contributed by atoms with Crippen molar-refractivity contribution in [2.75, 3.05) is 0 Å². The van der Waals surface area contributed by atoms with Gasteiger partial charge in [0.2, 0.25) is 11.3 Å².